The first-order chi connectivity index (χ1) is 13.6. The predicted molar refractivity (Wildman–Crippen MR) is 99.3 cm³/mol. The second-order valence-corrected chi connectivity index (χ2v) is 5.97. The van der Waals surface area contributed by atoms with Crippen molar-refractivity contribution in [2.24, 2.45) is 0 Å². The summed E-state index contributed by atoms with van der Waals surface area (Å²) >= 11 is 0. The Kier molecular flexibility index (Phi) is 4.44. The molecule has 4 aromatic rings. The number of carbonyl (C=O) groups is 1. The lowest BCUT2D eigenvalue weighted by Gasteiger charge is -2.03. The van der Waals surface area contributed by atoms with Crippen LogP contribution in [-0.2, 0) is 11.3 Å². The Labute approximate surface area is 159 Å². The number of esters is 1. The second-order valence-electron chi connectivity index (χ2n) is 5.97. The Bertz CT molecular complexity index is 1150. The summed E-state index contributed by atoms with van der Waals surface area (Å²) in [5.74, 6) is 0.812. The number of fused-ring (bicyclic) bond motifs is 1. The van der Waals surface area contributed by atoms with Gasteiger partial charge in [-0.1, -0.05) is 30.3 Å². The molecule has 0 saturated carbocycles. The topological polar surface area (TPSA) is 135 Å². The molecule has 1 aromatic carbocycles. The van der Waals surface area contributed by atoms with Crippen molar-refractivity contribution in [3.8, 4) is 11.4 Å². The van der Waals surface area contributed by atoms with Gasteiger partial charge in [-0.05, 0) is 19.1 Å². The zero-order chi connectivity index (χ0) is 19.7. The molecule has 0 amide bonds. The molecular formula is C18H17N7O3. The second kappa shape index (κ2) is 7.06. The Morgan fingerprint density at radius 3 is 2.79 bits per heavy atom. The fourth-order valence-corrected chi connectivity index (χ4v) is 2.84. The average Bonchev–Trinajstić information content (AvgIpc) is 3.27. The number of benzene rings is 1. The van der Waals surface area contributed by atoms with Crippen molar-refractivity contribution in [2.75, 3.05) is 12.3 Å². The van der Waals surface area contributed by atoms with Crippen molar-refractivity contribution in [1.29, 1.82) is 0 Å². The van der Waals surface area contributed by atoms with E-state index in [1.807, 2.05) is 30.3 Å². The molecule has 0 atom stereocenters. The van der Waals surface area contributed by atoms with E-state index in [9.17, 15) is 4.79 Å². The summed E-state index contributed by atoms with van der Waals surface area (Å²) in [6.45, 7) is 3.76. The van der Waals surface area contributed by atoms with Crippen LogP contribution in [0.1, 0.15) is 28.9 Å². The Morgan fingerprint density at radius 2 is 2.04 bits per heavy atom. The third-order valence-corrected chi connectivity index (χ3v) is 4.05. The van der Waals surface area contributed by atoms with Gasteiger partial charge in [0.05, 0.1) is 12.0 Å². The van der Waals surface area contributed by atoms with E-state index in [0.717, 1.165) is 5.56 Å². The molecule has 142 valence electrons. The third kappa shape index (κ3) is 3.15. The Morgan fingerprint density at radius 1 is 1.25 bits per heavy atom. The number of aryl methyl sites for hydroxylation is 1. The zero-order valence-electron chi connectivity index (χ0n) is 15.3. The van der Waals surface area contributed by atoms with Crippen molar-refractivity contribution in [3.05, 3.63) is 47.5 Å². The molecule has 0 saturated heterocycles. The largest absolute Gasteiger partial charge is 0.462 e. The molecule has 0 aliphatic heterocycles. The quantitative estimate of drug-likeness (QED) is 0.516. The molecule has 28 heavy (non-hydrogen) atoms. The number of nitrogen functional groups attached to an aromatic ring is 1. The molecule has 0 unspecified atom stereocenters. The van der Waals surface area contributed by atoms with E-state index in [4.69, 9.17) is 14.9 Å². The summed E-state index contributed by atoms with van der Waals surface area (Å²) in [5.41, 5.74) is 7.38. The smallest absolute Gasteiger partial charge is 0.342 e. The normalized spacial score (nSPS) is 11.1. The van der Waals surface area contributed by atoms with Gasteiger partial charge in [-0.3, -0.25) is 0 Å². The van der Waals surface area contributed by atoms with Crippen LogP contribution in [0, 0.1) is 6.92 Å². The fourth-order valence-electron chi connectivity index (χ4n) is 2.84. The lowest BCUT2D eigenvalue weighted by atomic mass is 10.2. The van der Waals surface area contributed by atoms with Crippen LogP contribution in [-0.4, -0.2) is 42.8 Å². The number of ether oxygens (including phenoxy) is 1. The summed E-state index contributed by atoms with van der Waals surface area (Å²) < 4.78 is 10.7. The van der Waals surface area contributed by atoms with Gasteiger partial charge in [0.1, 0.15) is 23.7 Å². The van der Waals surface area contributed by atoms with Crippen LogP contribution in [0.5, 0.6) is 0 Å². The van der Waals surface area contributed by atoms with E-state index >= 15 is 0 Å². The number of carbonyl (C=O) groups excluding carboxylic acids is 1. The number of furan rings is 1. The minimum Gasteiger partial charge on any atom is -0.462 e. The van der Waals surface area contributed by atoms with Crippen molar-refractivity contribution in [2.45, 2.75) is 20.4 Å². The van der Waals surface area contributed by atoms with Crippen LogP contribution in [0.15, 0.2) is 34.7 Å². The lowest BCUT2D eigenvalue weighted by Crippen LogP contribution is -2.10. The van der Waals surface area contributed by atoms with Gasteiger partial charge in [0.15, 0.2) is 5.82 Å². The van der Waals surface area contributed by atoms with Gasteiger partial charge >= 0.3 is 5.97 Å². The molecule has 10 heteroatoms. The summed E-state index contributed by atoms with van der Waals surface area (Å²) in [6, 6.07) is 9.49. The molecule has 0 aliphatic carbocycles. The monoisotopic (exact) mass is 379 g/mol. The van der Waals surface area contributed by atoms with Crippen LogP contribution in [0.25, 0.3) is 22.5 Å². The number of nitrogens with two attached hydrogens (primary N) is 1. The van der Waals surface area contributed by atoms with Crippen LogP contribution >= 0.6 is 0 Å². The first-order valence-electron chi connectivity index (χ1n) is 8.62. The maximum absolute atomic E-state index is 12.2. The number of aromatic nitrogens is 6. The van der Waals surface area contributed by atoms with E-state index in [1.165, 1.54) is 4.80 Å². The minimum absolute atomic E-state index is 0.128. The number of hydrogen-bond donors (Lipinski definition) is 1. The third-order valence-electron chi connectivity index (χ3n) is 4.05. The average molecular weight is 379 g/mol. The first-order valence-corrected chi connectivity index (χ1v) is 8.62. The summed E-state index contributed by atoms with van der Waals surface area (Å²) in [6.07, 6.45) is 0. The van der Waals surface area contributed by atoms with E-state index in [2.05, 4.69) is 25.4 Å². The molecule has 3 aromatic heterocycles. The molecule has 0 bridgehead atoms. The standard InChI is InChI=1S/C18H17N7O3/c1-3-27-18(26)13-10(2)28-17-14(13)15(19)20-12(21-17)9-25-23-16(22-24-25)11-7-5-4-6-8-11/h4-8H,3,9H2,1-2H3,(H2,19,20,21). The molecule has 0 radical (unpaired) electrons. The van der Waals surface area contributed by atoms with Crippen molar-refractivity contribution in [3.63, 3.8) is 0 Å². The molecule has 2 N–H and O–H groups in total. The molecular weight excluding hydrogens is 362 g/mol. The minimum atomic E-state index is -0.521. The number of tetrazole rings is 1. The highest BCUT2D eigenvalue weighted by atomic mass is 16.5. The van der Waals surface area contributed by atoms with Gasteiger partial charge in [-0.2, -0.15) is 9.78 Å². The zero-order valence-corrected chi connectivity index (χ0v) is 15.3. The molecule has 3 heterocycles. The van der Waals surface area contributed by atoms with Crippen molar-refractivity contribution in [1.82, 2.24) is 30.2 Å². The maximum atomic E-state index is 12.2. The Balaban J connectivity index is 1.66. The number of rotatable bonds is 5. The van der Waals surface area contributed by atoms with E-state index in [1.54, 1.807) is 13.8 Å². The summed E-state index contributed by atoms with van der Waals surface area (Å²) in [7, 11) is 0. The molecule has 10 nitrogen and oxygen atoms in total. The Hall–Kier alpha value is -3.82. The van der Waals surface area contributed by atoms with E-state index < -0.39 is 5.97 Å². The lowest BCUT2D eigenvalue weighted by molar-refractivity contribution is 0.0526. The summed E-state index contributed by atoms with van der Waals surface area (Å²) in [5, 5.41) is 12.7. The number of hydrogen-bond acceptors (Lipinski definition) is 9. The van der Waals surface area contributed by atoms with E-state index in [-0.39, 0.29) is 30.2 Å². The molecule has 0 spiro atoms. The van der Waals surface area contributed by atoms with Gasteiger partial charge in [-0.25, -0.2) is 9.78 Å². The predicted octanol–water partition coefficient (Wildman–Crippen LogP) is 1.99. The highest BCUT2D eigenvalue weighted by Gasteiger charge is 2.24. The number of anilines is 1. The van der Waals surface area contributed by atoms with Crippen LogP contribution in [0.3, 0.4) is 0 Å². The summed E-state index contributed by atoms with van der Waals surface area (Å²) in [4.78, 5) is 22.2. The first kappa shape index (κ1) is 17.6. The van der Waals surface area contributed by atoms with Crippen LogP contribution < -0.4 is 5.73 Å². The van der Waals surface area contributed by atoms with Crippen LogP contribution in [0.2, 0.25) is 0 Å². The van der Waals surface area contributed by atoms with Crippen molar-refractivity contribution < 1.29 is 13.9 Å². The van der Waals surface area contributed by atoms with Crippen molar-refractivity contribution >= 4 is 22.9 Å². The van der Waals surface area contributed by atoms with E-state index in [0.29, 0.717) is 22.8 Å². The highest BCUT2D eigenvalue weighted by molar-refractivity contribution is 6.07. The molecule has 4 rings (SSSR count). The molecule has 0 fully saturated rings. The molecule has 0 aliphatic rings. The SMILES string of the molecule is CCOC(=O)c1c(C)oc2nc(Cn3nnc(-c4ccccc4)n3)nc(N)c12. The number of nitrogens with zero attached hydrogens (tertiary/aromatic N) is 6. The van der Waals surface area contributed by atoms with Crippen LogP contribution in [0.4, 0.5) is 5.82 Å². The maximum Gasteiger partial charge on any atom is 0.342 e. The van der Waals surface area contributed by atoms with Gasteiger partial charge < -0.3 is 14.9 Å². The fraction of sp³-hybridized carbons (Fsp3) is 0.222. The highest BCUT2D eigenvalue weighted by Crippen LogP contribution is 2.29. The van der Waals surface area contributed by atoms with Gasteiger partial charge in [0.25, 0.3) is 0 Å². The van der Waals surface area contributed by atoms with Gasteiger partial charge in [0.2, 0.25) is 11.5 Å². The van der Waals surface area contributed by atoms with Gasteiger partial charge in [-0.15, -0.1) is 10.2 Å². The van der Waals surface area contributed by atoms with Gasteiger partial charge in [0, 0.05) is 5.56 Å².